The van der Waals surface area contributed by atoms with Crippen molar-refractivity contribution in [1.29, 1.82) is 0 Å². The molecule has 2 saturated heterocycles. The first kappa shape index (κ1) is 15.1. The van der Waals surface area contributed by atoms with Gasteiger partial charge in [0.05, 0.1) is 6.54 Å². The van der Waals surface area contributed by atoms with Gasteiger partial charge in [0.15, 0.2) is 0 Å². The average molecular weight is 278 g/mol. The summed E-state index contributed by atoms with van der Waals surface area (Å²) in [4.78, 5) is 4.09. The molecule has 0 aromatic heterocycles. The fraction of sp³-hybridized carbons (Fsp3) is 1.00. The Morgan fingerprint density at radius 1 is 0.947 bits per heavy atom. The molecular weight excluding hydrogens is 253 g/mol. The summed E-state index contributed by atoms with van der Waals surface area (Å²) >= 11 is 0. The monoisotopic (exact) mass is 278 g/mol. The molecule has 0 atom stereocenters. The van der Waals surface area contributed by atoms with Crippen molar-refractivity contribution in [2.24, 2.45) is 0 Å². The number of hydrogen-bond acceptors (Lipinski definition) is 2. The van der Waals surface area contributed by atoms with Crippen molar-refractivity contribution in [2.45, 2.75) is 63.7 Å². The maximum absolute atomic E-state index is 12.7. The summed E-state index contributed by atoms with van der Waals surface area (Å²) in [6.45, 7) is 8.22. The molecule has 0 aromatic carbocycles. The lowest BCUT2D eigenvalue weighted by atomic mass is 9.83. The first-order valence-electron chi connectivity index (χ1n) is 7.19. The van der Waals surface area contributed by atoms with E-state index in [2.05, 4.69) is 25.7 Å². The van der Waals surface area contributed by atoms with Crippen LogP contribution in [0.25, 0.3) is 0 Å². The number of nitrogens with zero attached hydrogens (tertiary/aromatic N) is 2. The molecule has 0 aliphatic carbocycles. The summed E-state index contributed by atoms with van der Waals surface area (Å²) in [5.41, 5.74) is -0.0632. The molecule has 2 nitrogen and oxygen atoms in total. The van der Waals surface area contributed by atoms with Crippen molar-refractivity contribution in [2.75, 3.05) is 26.2 Å². The summed E-state index contributed by atoms with van der Waals surface area (Å²) < 4.78 is 38.0. The van der Waals surface area contributed by atoms with Crippen LogP contribution in [0.5, 0.6) is 0 Å². The number of rotatable bonds is 1. The summed E-state index contributed by atoms with van der Waals surface area (Å²) in [7, 11) is 0. The van der Waals surface area contributed by atoms with E-state index in [4.69, 9.17) is 0 Å². The van der Waals surface area contributed by atoms with Crippen LogP contribution in [0.4, 0.5) is 13.2 Å². The predicted octanol–water partition coefficient (Wildman–Crippen LogP) is 3.28. The maximum Gasteiger partial charge on any atom is 0.401 e. The molecule has 2 fully saturated rings. The molecule has 0 radical (unpaired) electrons. The Morgan fingerprint density at radius 2 is 1.53 bits per heavy atom. The molecule has 0 unspecified atom stereocenters. The van der Waals surface area contributed by atoms with Crippen molar-refractivity contribution in [3.63, 3.8) is 0 Å². The van der Waals surface area contributed by atoms with E-state index in [0.717, 1.165) is 38.8 Å². The summed E-state index contributed by atoms with van der Waals surface area (Å²) in [6, 6.07) is 0. The largest absolute Gasteiger partial charge is 0.401 e. The van der Waals surface area contributed by atoms with E-state index < -0.39 is 12.7 Å². The number of hydrogen-bond donors (Lipinski definition) is 0. The SMILES string of the molecule is CC(C)(C)N1CCC2(CCCN2CC(F)(F)F)CC1. The van der Waals surface area contributed by atoms with Crippen molar-refractivity contribution in [1.82, 2.24) is 9.80 Å². The molecular formula is C14H25F3N2. The molecule has 0 N–H and O–H groups in total. The second-order valence-corrected chi connectivity index (χ2v) is 7.02. The smallest absolute Gasteiger partial charge is 0.298 e. The van der Waals surface area contributed by atoms with Crippen LogP contribution in [0.3, 0.4) is 0 Å². The Balaban J connectivity index is 2.01. The third kappa shape index (κ3) is 3.43. The van der Waals surface area contributed by atoms with E-state index in [1.807, 2.05) is 0 Å². The van der Waals surface area contributed by atoms with E-state index in [0.29, 0.717) is 6.54 Å². The minimum atomic E-state index is -4.07. The van der Waals surface area contributed by atoms with Gasteiger partial charge in [-0.15, -0.1) is 0 Å². The van der Waals surface area contributed by atoms with Crippen molar-refractivity contribution in [3.05, 3.63) is 0 Å². The van der Waals surface area contributed by atoms with E-state index in [-0.39, 0.29) is 11.1 Å². The minimum absolute atomic E-state index is 0.120. The van der Waals surface area contributed by atoms with E-state index in [1.165, 1.54) is 0 Å². The Labute approximate surface area is 113 Å². The molecule has 2 aliphatic heterocycles. The fourth-order valence-electron chi connectivity index (χ4n) is 3.62. The van der Waals surface area contributed by atoms with Gasteiger partial charge in [-0.2, -0.15) is 13.2 Å². The molecule has 5 heteroatoms. The summed E-state index contributed by atoms with van der Waals surface area (Å²) in [5, 5.41) is 0. The van der Waals surface area contributed by atoms with E-state index in [1.54, 1.807) is 4.90 Å². The van der Waals surface area contributed by atoms with Gasteiger partial charge in [0, 0.05) is 24.2 Å². The quantitative estimate of drug-likeness (QED) is 0.726. The second kappa shape index (κ2) is 4.92. The number of piperidine rings is 1. The lowest BCUT2D eigenvalue weighted by Gasteiger charge is -2.48. The third-order valence-corrected chi connectivity index (χ3v) is 4.75. The van der Waals surface area contributed by atoms with Gasteiger partial charge in [-0.05, 0) is 53.0 Å². The highest BCUT2D eigenvalue weighted by molar-refractivity contribution is 5.01. The molecule has 112 valence electrons. The van der Waals surface area contributed by atoms with Crippen LogP contribution in [-0.2, 0) is 0 Å². The molecule has 0 saturated carbocycles. The second-order valence-electron chi connectivity index (χ2n) is 7.02. The highest BCUT2D eigenvalue weighted by atomic mass is 19.4. The molecule has 19 heavy (non-hydrogen) atoms. The van der Waals surface area contributed by atoms with Crippen LogP contribution >= 0.6 is 0 Å². The van der Waals surface area contributed by atoms with Gasteiger partial charge >= 0.3 is 6.18 Å². The molecule has 0 bridgehead atoms. The van der Waals surface area contributed by atoms with Gasteiger partial charge in [0.25, 0.3) is 0 Å². The Kier molecular flexibility index (Phi) is 3.91. The first-order chi connectivity index (χ1) is 8.62. The predicted molar refractivity (Wildman–Crippen MR) is 70.2 cm³/mol. The van der Waals surface area contributed by atoms with Gasteiger partial charge in [-0.1, -0.05) is 0 Å². The zero-order valence-corrected chi connectivity index (χ0v) is 12.2. The molecule has 0 amide bonds. The van der Waals surface area contributed by atoms with Crippen LogP contribution in [0.15, 0.2) is 0 Å². The van der Waals surface area contributed by atoms with Crippen molar-refractivity contribution < 1.29 is 13.2 Å². The lowest BCUT2D eigenvalue weighted by molar-refractivity contribution is -0.158. The van der Waals surface area contributed by atoms with Crippen LogP contribution in [0, 0.1) is 0 Å². The van der Waals surface area contributed by atoms with E-state index in [9.17, 15) is 13.2 Å². The summed E-state index contributed by atoms with van der Waals surface area (Å²) in [6.07, 6.45) is -0.480. The van der Waals surface area contributed by atoms with Gasteiger partial charge in [-0.3, -0.25) is 9.80 Å². The van der Waals surface area contributed by atoms with Crippen LogP contribution < -0.4 is 0 Å². The highest BCUT2D eigenvalue weighted by Crippen LogP contribution is 2.41. The Hall–Kier alpha value is -0.290. The third-order valence-electron chi connectivity index (χ3n) is 4.75. The minimum Gasteiger partial charge on any atom is -0.298 e. The van der Waals surface area contributed by atoms with Gasteiger partial charge in [0.2, 0.25) is 0 Å². The molecule has 2 aliphatic rings. The summed E-state index contributed by atoms with van der Waals surface area (Å²) in [5.74, 6) is 0. The van der Waals surface area contributed by atoms with Crippen LogP contribution in [-0.4, -0.2) is 53.2 Å². The Bertz CT molecular complexity index is 312. The number of likely N-dealkylation sites (tertiary alicyclic amines) is 2. The Morgan fingerprint density at radius 3 is 2.00 bits per heavy atom. The molecule has 2 heterocycles. The van der Waals surface area contributed by atoms with Crippen molar-refractivity contribution >= 4 is 0 Å². The fourth-order valence-corrected chi connectivity index (χ4v) is 3.62. The molecule has 2 rings (SSSR count). The highest BCUT2D eigenvalue weighted by Gasteiger charge is 2.47. The number of halogens is 3. The topological polar surface area (TPSA) is 6.48 Å². The normalized spacial score (nSPS) is 26.2. The van der Waals surface area contributed by atoms with Gasteiger partial charge in [0.1, 0.15) is 0 Å². The molecule has 1 spiro atoms. The van der Waals surface area contributed by atoms with Gasteiger partial charge < -0.3 is 0 Å². The standard InChI is InChI=1S/C14H25F3N2/c1-12(2,3)18-9-6-13(7-10-18)5-4-8-19(13)11-14(15,16)17/h4-11H2,1-3H3. The van der Waals surface area contributed by atoms with Crippen molar-refractivity contribution in [3.8, 4) is 0 Å². The number of alkyl halides is 3. The van der Waals surface area contributed by atoms with Crippen LogP contribution in [0.2, 0.25) is 0 Å². The van der Waals surface area contributed by atoms with Gasteiger partial charge in [-0.25, -0.2) is 0 Å². The molecule has 0 aromatic rings. The zero-order chi connectivity index (χ0) is 14.3. The average Bonchev–Trinajstić information content (AvgIpc) is 2.58. The van der Waals surface area contributed by atoms with E-state index >= 15 is 0 Å². The lowest BCUT2D eigenvalue weighted by Crippen LogP contribution is -2.57. The van der Waals surface area contributed by atoms with Crippen LogP contribution in [0.1, 0.15) is 46.5 Å². The maximum atomic E-state index is 12.7. The first-order valence-corrected chi connectivity index (χ1v) is 7.19. The zero-order valence-electron chi connectivity index (χ0n) is 12.2.